The van der Waals surface area contributed by atoms with Crippen molar-refractivity contribution in [3.05, 3.63) is 41.7 Å². The normalized spacial score (nSPS) is 11.3. The first kappa shape index (κ1) is 27.2. The van der Waals surface area contributed by atoms with Gasteiger partial charge in [0.25, 0.3) is 5.91 Å². The Morgan fingerprint density at radius 1 is 1.09 bits per heavy atom. The number of anilines is 3. The molecule has 14 heteroatoms. The van der Waals surface area contributed by atoms with Gasteiger partial charge >= 0.3 is 57.4 Å². The first-order valence-electron chi connectivity index (χ1n) is 9.75. The molecule has 1 unspecified atom stereocenters. The second kappa shape index (κ2) is 11.9. The van der Waals surface area contributed by atoms with E-state index in [0.717, 1.165) is 5.69 Å². The summed E-state index contributed by atoms with van der Waals surface area (Å²) in [4.78, 5) is 52.7. The summed E-state index contributed by atoms with van der Waals surface area (Å²) in [6, 6.07) is 5.16. The summed E-state index contributed by atoms with van der Waals surface area (Å²) in [7, 11) is 1.82. The molecule has 176 valence electrons. The number of nitrogen functional groups attached to an aromatic ring is 2. The van der Waals surface area contributed by atoms with Crippen LogP contribution in [0.2, 0.25) is 0 Å². The van der Waals surface area contributed by atoms with Gasteiger partial charge in [-0.15, -0.1) is 0 Å². The molecule has 3 rings (SSSR count). The number of aliphatic carboxylic acids is 2. The number of rotatable bonds is 9. The summed E-state index contributed by atoms with van der Waals surface area (Å²) < 4.78 is 0. The molecule has 0 radical (unpaired) electrons. The topological polar surface area (TPSA) is 211 Å². The number of benzene rings is 1. The van der Waals surface area contributed by atoms with Gasteiger partial charge in [0.1, 0.15) is 6.04 Å². The molecular weight excluding hydrogens is 520 g/mol. The molecule has 13 nitrogen and oxygen atoms in total. The van der Waals surface area contributed by atoms with Gasteiger partial charge in [-0.3, -0.25) is 9.59 Å². The summed E-state index contributed by atoms with van der Waals surface area (Å²) in [5, 5.41) is 20.2. The van der Waals surface area contributed by atoms with E-state index in [1.165, 1.54) is 12.1 Å². The van der Waals surface area contributed by atoms with Gasteiger partial charge in [0.15, 0.2) is 17.0 Å². The van der Waals surface area contributed by atoms with E-state index in [2.05, 4.69) is 25.3 Å². The Balaban J connectivity index is 0.00000408. The number of carbonyl (C=O) groups is 3. The third-order valence-electron chi connectivity index (χ3n) is 4.72. The second-order valence-corrected chi connectivity index (χ2v) is 7.20. The molecule has 0 bridgehead atoms. The van der Waals surface area contributed by atoms with Crippen LogP contribution in [-0.2, 0) is 16.1 Å². The zero-order valence-electron chi connectivity index (χ0n) is 17.6. The number of carboxylic acids is 2. The van der Waals surface area contributed by atoms with Gasteiger partial charge < -0.3 is 31.9 Å². The average Bonchev–Trinajstić information content (AvgIpc) is 2.76. The van der Waals surface area contributed by atoms with E-state index in [1.54, 1.807) is 18.3 Å². The van der Waals surface area contributed by atoms with Crippen molar-refractivity contribution in [2.24, 2.45) is 0 Å². The Labute approximate surface area is 230 Å². The van der Waals surface area contributed by atoms with Crippen molar-refractivity contribution < 1.29 is 24.6 Å². The minimum atomic E-state index is -1.30. The van der Waals surface area contributed by atoms with E-state index in [-0.39, 0.29) is 75.7 Å². The van der Waals surface area contributed by atoms with Gasteiger partial charge in [-0.2, -0.15) is 9.97 Å². The zero-order valence-corrected chi connectivity index (χ0v) is 17.6. The van der Waals surface area contributed by atoms with Crippen LogP contribution in [-0.4, -0.2) is 107 Å². The molecule has 7 N–H and O–H groups in total. The fourth-order valence-electron chi connectivity index (χ4n) is 3.03. The Bertz CT molecular complexity index is 1210. The number of nitrogens with zero attached hydrogens (tertiary/aromatic N) is 5. The van der Waals surface area contributed by atoms with Crippen LogP contribution >= 0.6 is 0 Å². The van der Waals surface area contributed by atoms with Crippen LogP contribution < -0.4 is 21.7 Å². The van der Waals surface area contributed by atoms with E-state index in [4.69, 9.17) is 16.6 Å². The summed E-state index contributed by atoms with van der Waals surface area (Å²) >= 11 is 0. The number of aromatic nitrogens is 4. The van der Waals surface area contributed by atoms with E-state index in [9.17, 15) is 19.5 Å². The van der Waals surface area contributed by atoms with Gasteiger partial charge in [0.2, 0.25) is 5.95 Å². The molecule has 0 fully saturated rings. The van der Waals surface area contributed by atoms with Crippen molar-refractivity contribution in [1.82, 2.24) is 25.3 Å². The molecule has 0 aliphatic rings. The Morgan fingerprint density at radius 2 is 1.76 bits per heavy atom. The first-order valence-corrected chi connectivity index (χ1v) is 9.75. The number of nitrogens with one attached hydrogen (secondary N) is 1. The van der Waals surface area contributed by atoms with Crippen LogP contribution in [0, 0.1) is 0 Å². The van der Waals surface area contributed by atoms with Gasteiger partial charge in [-0.25, -0.2) is 14.8 Å². The van der Waals surface area contributed by atoms with Crippen molar-refractivity contribution in [2.75, 3.05) is 23.4 Å². The van der Waals surface area contributed by atoms with E-state index in [1.807, 2.05) is 11.9 Å². The molecule has 2 aromatic heterocycles. The maximum atomic E-state index is 12.4. The Hall–Kier alpha value is -3.07. The SMILES string of the molecule is CN(Cc1cnc2nc(N)nc(N)c2n1)c1ccc(C(=O)NC(CCC(=O)O)C(=O)O)cc1.[SrH2]. The number of carbonyl (C=O) groups excluding carboxylic acids is 1. The van der Waals surface area contributed by atoms with Crippen molar-refractivity contribution >= 4 is 91.9 Å². The molecule has 0 saturated carbocycles. The van der Waals surface area contributed by atoms with Crippen LogP contribution in [0.15, 0.2) is 30.5 Å². The standard InChI is InChI=1S/C20H22N8O5.Sr.2H/c1-28(9-11-8-23-17-15(24-11)16(21)26-20(22)27-17)12-4-2-10(3-5-12)18(31)25-13(19(32)33)6-7-14(29)30;;;/h2-5,8,13H,6-7,9H2,1H3,(H,25,31)(H,29,30)(H,32,33)(H4,21,22,23,26,27);;;. The number of amides is 1. The fraction of sp³-hybridized carbons (Fsp3) is 0.250. The van der Waals surface area contributed by atoms with Crippen molar-refractivity contribution in [1.29, 1.82) is 0 Å². The zero-order chi connectivity index (χ0) is 24.1. The molecule has 1 aromatic carbocycles. The number of fused-ring (bicyclic) bond motifs is 1. The molecule has 3 aromatic rings. The van der Waals surface area contributed by atoms with Crippen LogP contribution in [0.4, 0.5) is 17.5 Å². The summed E-state index contributed by atoms with van der Waals surface area (Å²) in [5.41, 5.74) is 13.7. The van der Waals surface area contributed by atoms with Crippen molar-refractivity contribution in [3.8, 4) is 0 Å². The van der Waals surface area contributed by atoms with Crippen LogP contribution in [0.5, 0.6) is 0 Å². The van der Waals surface area contributed by atoms with Crippen LogP contribution in [0.3, 0.4) is 0 Å². The molecule has 1 atom stereocenters. The van der Waals surface area contributed by atoms with Gasteiger partial charge in [0, 0.05) is 24.7 Å². The third-order valence-corrected chi connectivity index (χ3v) is 4.72. The minimum absolute atomic E-state index is 0. The Kier molecular flexibility index (Phi) is 9.49. The molecule has 0 spiro atoms. The summed E-state index contributed by atoms with van der Waals surface area (Å²) in [6.45, 7) is 0.370. The average molecular weight is 544 g/mol. The van der Waals surface area contributed by atoms with Gasteiger partial charge in [0.05, 0.1) is 18.4 Å². The maximum absolute atomic E-state index is 12.4. The van der Waals surface area contributed by atoms with Crippen molar-refractivity contribution in [3.63, 3.8) is 0 Å². The predicted molar refractivity (Wildman–Crippen MR) is 127 cm³/mol. The van der Waals surface area contributed by atoms with E-state index in [0.29, 0.717) is 23.4 Å². The van der Waals surface area contributed by atoms with Gasteiger partial charge in [-0.05, 0) is 30.7 Å². The molecule has 1 amide bonds. The second-order valence-electron chi connectivity index (χ2n) is 7.20. The van der Waals surface area contributed by atoms with Crippen LogP contribution in [0.1, 0.15) is 28.9 Å². The monoisotopic (exact) mass is 544 g/mol. The summed E-state index contributed by atoms with van der Waals surface area (Å²) in [5.74, 6) is -2.91. The molecule has 0 aliphatic heterocycles. The van der Waals surface area contributed by atoms with Crippen LogP contribution in [0.25, 0.3) is 11.2 Å². The van der Waals surface area contributed by atoms with Crippen molar-refractivity contribution in [2.45, 2.75) is 25.4 Å². The molecule has 34 heavy (non-hydrogen) atoms. The molecular formula is C20H24N8O5Sr. The number of carboxylic acid groups (broad SMARTS) is 2. The number of hydrogen-bond acceptors (Lipinski definition) is 10. The summed E-state index contributed by atoms with van der Waals surface area (Å²) in [6.07, 6.45) is 0.964. The fourth-order valence-corrected chi connectivity index (χ4v) is 3.03. The van der Waals surface area contributed by atoms with Gasteiger partial charge in [-0.1, -0.05) is 0 Å². The van der Waals surface area contributed by atoms with E-state index < -0.39 is 23.9 Å². The molecule has 2 heterocycles. The predicted octanol–water partition coefficient (Wildman–Crippen LogP) is -0.648. The Morgan fingerprint density at radius 3 is 2.38 bits per heavy atom. The quantitative estimate of drug-likeness (QED) is 0.213. The first-order chi connectivity index (χ1) is 15.6. The van der Waals surface area contributed by atoms with E-state index >= 15 is 0 Å². The number of nitrogens with two attached hydrogens (primary N) is 2. The number of hydrogen-bond donors (Lipinski definition) is 5. The third kappa shape index (κ3) is 6.96. The molecule has 0 aliphatic carbocycles. The molecule has 0 saturated heterocycles.